The molecule has 0 aromatic heterocycles. The maximum absolute atomic E-state index is 6.92. The van der Waals surface area contributed by atoms with Crippen LogP contribution in [-0.4, -0.2) is 32.1 Å². The molecular weight excluding hydrogens is 735 g/mol. The zero-order valence-corrected chi connectivity index (χ0v) is 34.7. The van der Waals surface area contributed by atoms with E-state index in [4.69, 9.17) is 15.2 Å². The number of nitrogens with one attached hydrogen (secondary N) is 1. The monoisotopic (exact) mass is 796 g/mol. The van der Waals surface area contributed by atoms with Gasteiger partial charge in [-0.15, -0.1) is 6.54 Å². The molecule has 3 nitrogen and oxygen atoms in total. The average Bonchev–Trinajstić information content (AvgIpc) is 3.09. The predicted molar refractivity (Wildman–Crippen MR) is 206 cm³/mol. The summed E-state index contributed by atoms with van der Waals surface area (Å²) in [6.45, 7) is 14.6. The summed E-state index contributed by atoms with van der Waals surface area (Å²) < 4.78 is 12.6. The predicted octanol–water partition coefficient (Wildman–Crippen LogP) is 9.60. The van der Waals surface area contributed by atoms with Crippen molar-refractivity contribution in [1.82, 2.24) is 0 Å². The molecule has 3 aromatic rings. The topological polar surface area (TPSA) is 42.3 Å². The normalized spacial score (nSPS) is 15.4. The van der Waals surface area contributed by atoms with Gasteiger partial charge in [0.15, 0.2) is 0 Å². The SMILES string of the molecule is COc1ccc(OC)c(P(C2CCCCC2)C2CCCCC2)c1-c1c(C(C)C)cc(C(C)C)cc1C(C)C.[Cl-].[NH-]CCc1[c]cccc1.[Pd+2]. The van der Waals surface area contributed by atoms with Gasteiger partial charge in [-0.3, -0.25) is 0 Å². The minimum Gasteiger partial charge on any atom is -1.00 e. The fraction of sp³-hybridized carbons (Fsp3) is 0.581. The third-order valence-corrected chi connectivity index (χ3v) is 13.9. The van der Waals surface area contributed by atoms with Gasteiger partial charge in [0, 0.05) is 10.9 Å². The van der Waals surface area contributed by atoms with Gasteiger partial charge in [0.2, 0.25) is 0 Å². The molecule has 0 saturated heterocycles. The van der Waals surface area contributed by atoms with Crippen molar-refractivity contribution in [3.05, 3.63) is 82.6 Å². The second kappa shape index (κ2) is 21.8. The number of hydrogen-bond acceptors (Lipinski definition) is 2. The zero-order chi connectivity index (χ0) is 33.9. The summed E-state index contributed by atoms with van der Waals surface area (Å²) in [6.07, 6.45) is 14.7. The van der Waals surface area contributed by atoms with E-state index in [0.717, 1.165) is 34.8 Å². The van der Waals surface area contributed by atoms with Crippen LogP contribution in [0, 0.1) is 6.07 Å². The summed E-state index contributed by atoms with van der Waals surface area (Å²) in [6, 6.07) is 20.2. The Morgan fingerprint density at radius 2 is 1.22 bits per heavy atom. The zero-order valence-electron chi connectivity index (χ0n) is 31.4. The number of halogens is 1. The van der Waals surface area contributed by atoms with Crippen molar-refractivity contribution >= 4 is 13.2 Å². The first-order valence-electron chi connectivity index (χ1n) is 18.5. The largest absolute Gasteiger partial charge is 2.00 e. The molecule has 273 valence electrons. The van der Waals surface area contributed by atoms with E-state index in [0.29, 0.717) is 24.3 Å². The van der Waals surface area contributed by atoms with Crippen LogP contribution in [0.25, 0.3) is 16.9 Å². The summed E-state index contributed by atoms with van der Waals surface area (Å²) in [5.74, 6) is 3.50. The maximum Gasteiger partial charge on any atom is 2.00 e. The minimum absolute atomic E-state index is 0. The van der Waals surface area contributed by atoms with Gasteiger partial charge in [0.1, 0.15) is 11.5 Å². The number of benzene rings is 3. The Hall–Kier alpha value is -1.40. The van der Waals surface area contributed by atoms with E-state index in [1.807, 2.05) is 38.5 Å². The summed E-state index contributed by atoms with van der Waals surface area (Å²) in [5.41, 5.74) is 16.8. The molecule has 0 unspecified atom stereocenters. The molecule has 2 saturated carbocycles. The van der Waals surface area contributed by atoms with E-state index in [2.05, 4.69) is 71.9 Å². The van der Waals surface area contributed by atoms with Crippen LogP contribution in [0.5, 0.6) is 11.5 Å². The van der Waals surface area contributed by atoms with Crippen molar-refractivity contribution < 1.29 is 42.3 Å². The third-order valence-electron chi connectivity index (χ3n) is 10.3. The Kier molecular flexibility index (Phi) is 19.5. The van der Waals surface area contributed by atoms with Crippen LogP contribution in [0.15, 0.2) is 48.5 Å². The van der Waals surface area contributed by atoms with Crippen molar-refractivity contribution in [2.75, 3.05) is 20.8 Å². The quantitative estimate of drug-likeness (QED) is 0.143. The molecule has 0 aliphatic heterocycles. The first kappa shape index (κ1) is 43.8. The standard InChI is InChI=1S/C35H53O2P.C8H9N.ClH.Pd/c1-23(2)26-21-29(24(3)4)33(30(22-26)25(5)6)34-31(36-7)19-20-32(37-8)35(34)38(27-15-11-9-12-16-27)28-17-13-10-14-18-28;9-7-6-8-4-2-1-3-5-8;;/h19-25,27-28H,9-18H2,1-8H3;1-4,9H,6-7H2;1H;/q;-1;;+2/p-1. The van der Waals surface area contributed by atoms with Crippen LogP contribution >= 0.6 is 7.92 Å². The second-order valence-electron chi connectivity index (χ2n) is 14.6. The summed E-state index contributed by atoms with van der Waals surface area (Å²) in [7, 11) is 3.38. The molecule has 2 fully saturated rings. The van der Waals surface area contributed by atoms with E-state index in [9.17, 15) is 0 Å². The van der Waals surface area contributed by atoms with Crippen molar-refractivity contribution in [1.29, 1.82) is 0 Å². The Labute approximate surface area is 321 Å². The van der Waals surface area contributed by atoms with E-state index in [-0.39, 0.29) is 40.8 Å². The fourth-order valence-electron chi connectivity index (χ4n) is 7.73. The summed E-state index contributed by atoms with van der Waals surface area (Å²) >= 11 is 0. The fourth-order valence-corrected chi connectivity index (χ4v) is 11.8. The number of hydrogen-bond donors (Lipinski definition) is 0. The van der Waals surface area contributed by atoms with Crippen LogP contribution in [-0.2, 0) is 26.8 Å². The van der Waals surface area contributed by atoms with E-state index >= 15 is 0 Å². The van der Waals surface area contributed by atoms with Gasteiger partial charge in [0.05, 0.1) is 14.2 Å². The van der Waals surface area contributed by atoms with Gasteiger partial charge in [-0.25, -0.2) is 0 Å². The second-order valence-corrected chi connectivity index (χ2v) is 17.3. The molecule has 3 aromatic carbocycles. The molecule has 0 spiro atoms. The van der Waals surface area contributed by atoms with Crippen LogP contribution in [0.4, 0.5) is 0 Å². The van der Waals surface area contributed by atoms with Gasteiger partial charge >= 0.3 is 20.4 Å². The first-order valence-corrected chi connectivity index (χ1v) is 20.0. The Morgan fingerprint density at radius 1 is 0.714 bits per heavy atom. The van der Waals surface area contributed by atoms with Gasteiger partial charge in [-0.05, 0) is 107 Å². The number of ether oxygens (including phenoxy) is 2. The average molecular weight is 798 g/mol. The summed E-state index contributed by atoms with van der Waals surface area (Å²) in [4.78, 5) is 0. The molecule has 1 N–H and O–H groups in total. The summed E-state index contributed by atoms with van der Waals surface area (Å²) in [5, 5.41) is 1.52. The molecule has 6 heteroatoms. The van der Waals surface area contributed by atoms with Crippen molar-refractivity contribution in [2.24, 2.45) is 0 Å². The smallest absolute Gasteiger partial charge is 1.00 e. The molecule has 1 radical (unpaired) electrons. The molecule has 0 heterocycles. The van der Waals surface area contributed by atoms with E-state index in [1.54, 1.807) is 0 Å². The molecule has 5 rings (SSSR count). The molecule has 49 heavy (non-hydrogen) atoms. The number of methoxy groups -OCH3 is 2. The van der Waals surface area contributed by atoms with E-state index in [1.165, 1.54) is 97.3 Å². The minimum atomic E-state index is -0.373. The number of rotatable bonds is 11. The van der Waals surface area contributed by atoms with Crippen LogP contribution in [0.3, 0.4) is 0 Å². The van der Waals surface area contributed by atoms with Crippen molar-refractivity contribution in [3.8, 4) is 22.6 Å². The maximum atomic E-state index is 6.92. The third kappa shape index (κ3) is 11.3. The van der Waals surface area contributed by atoms with Crippen LogP contribution in [0.2, 0.25) is 0 Å². The molecule has 2 aliphatic carbocycles. The first-order chi connectivity index (χ1) is 22.7. The van der Waals surface area contributed by atoms with Crippen molar-refractivity contribution in [2.45, 2.75) is 141 Å². The molecule has 0 amide bonds. The van der Waals surface area contributed by atoms with Gasteiger partial charge in [-0.2, -0.15) is 0 Å². The van der Waals surface area contributed by atoms with Gasteiger partial charge < -0.3 is 27.6 Å². The molecule has 2 aliphatic rings. The Bertz CT molecular complexity index is 1340. The van der Waals surface area contributed by atoms with E-state index < -0.39 is 0 Å². The Balaban J connectivity index is 0.000000659. The molecular formula is C43H62ClNO2PPd. The molecule has 0 bridgehead atoms. The molecule has 0 atom stereocenters. The van der Waals surface area contributed by atoms with Crippen molar-refractivity contribution in [3.63, 3.8) is 0 Å². The Morgan fingerprint density at radius 3 is 1.63 bits per heavy atom. The van der Waals surface area contributed by atoms with Gasteiger partial charge in [0.25, 0.3) is 0 Å². The van der Waals surface area contributed by atoms with Crippen LogP contribution < -0.4 is 27.2 Å². The van der Waals surface area contributed by atoms with Crippen LogP contribution in [0.1, 0.15) is 146 Å². The van der Waals surface area contributed by atoms with Gasteiger partial charge in [-0.1, -0.05) is 124 Å².